The number of halogens is 2. The Morgan fingerprint density at radius 1 is 1.19 bits per heavy atom. The SMILES string of the molecule is CC(=O)N(c1nc(CSc2nnc(-c3ccc(Cl)cc3)n2C)cs1)c1ccccc1F. The quantitative estimate of drug-likeness (QED) is 0.336. The molecular weight excluding hydrogens is 457 g/mol. The average molecular weight is 474 g/mol. The van der Waals surface area contributed by atoms with Crippen molar-refractivity contribution in [3.05, 3.63) is 70.4 Å². The molecule has 2 aromatic heterocycles. The van der Waals surface area contributed by atoms with Crippen LogP contribution in [-0.4, -0.2) is 25.7 Å². The molecule has 0 fully saturated rings. The Morgan fingerprint density at radius 2 is 1.94 bits per heavy atom. The van der Waals surface area contributed by atoms with Gasteiger partial charge in [0.15, 0.2) is 16.1 Å². The van der Waals surface area contributed by atoms with Crippen molar-refractivity contribution in [2.75, 3.05) is 4.90 Å². The van der Waals surface area contributed by atoms with E-state index in [2.05, 4.69) is 15.2 Å². The first-order valence-corrected chi connectivity index (χ1v) is 11.5. The van der Waals surface area contributed by atoms with E-state index in [0.29, 0.717) is 15.9 Å². The molecule has 4 rings (SSSR count). The molecular formula is C21H17ClFN5OS2. The zero-order chi connectivity index (χ0) is 22.0. The normalized spacial score (nSPS) is 11.0. The predicted octanol–water partition coefficient (Wildman–Crippen LogP) is 5.71. The fourth-order valence-electron chi connectivity index (χ4n) is 2.94. The summed E-state index contributed by atoms with van der Waals surface area (Å²) in [7, 11) is 1.90. The highest BCUT2D eigenvalue weighted by Gasteiger charge is 2.21. The van der Waals surface area contributed by atoms with Crippen molar-refractivity contribution in [2.45, 2.75) is 17.8 Å². The number of anilines is 2. The number of hydrogen-bond acceptors (Lipinski definition) is 6. The molecule has 10 heteroatoms. The summed E-state index contributed by atoms with van der Waals surface area (Å²) < 4.78 is 16.1. The van der Waals surface area contributed by atoms with Crippen molar-refractivity contribution in [3.63, 3.8) is 0 Å². The van der Waals surface area contributed by atoms with Gasteiger partial charge < -0.3 is 4.57 Å². The number of nitrogens with zero attached hydrogens (tertiary/aromatic N) is 5. The number of rotatable bonds is 6. The van der Waals surface area contributed by atoms with E-state index in [1.54, 1.807) is 18.2 Å². The lowest BCUT2D eigenvalue weighted by Crippen LogP contribution is -2.23. The largest absolute Gasteiger partial charge is 0.305 e. The number of amides is 1. The molecule has 4 aromatic rings. The summed E-state index contributed by atoms with van der Waals surface area (Å²) >= 11 is 8.73. The van der Waals surface area contributed by atoms with Crippen molar-refractivity contribution in [2.24, 2.45) is 7.05 Å². The lowest BCUT2D eigenvalue weighted by molar-refractivity contribution is -0.115. The lowest BCUT2D eigenvalue weighted by atomic mass is 10.2. The predicted molar refractivity (Wildman–Crippen MR) is 122 cm³/mol. The van der Waals surface area contributed by atoms with Gasteiger partial charge in [0.2, 0.25) is 5.91 Å². The van der Waals surface area contributed by atoms with Gasteiger partial charge in [0, 0.05) is 35.7 Å². The van der Waals surface area contributed by atoms with E-state index in [9.17, 15) is 9.18 Å². The van der Waals surface area contributed by atoms with Crippen LogP contribution in [0.1, 0.15) is 12.6 Å². The van der Waals surface area contributed by atoms with Crippen molar-refractivity contribution >= 4 is 51.4 Å². The van der Waals surface area contributed by atoms with Gasteiger partial charge in [-0.1, -0.05) is 35.5 Å². The Bertz CT molecular complexity index is 1220. The maximum atomic E-state index is 14.2. The van der Waals surface area contributed by atoms with Crippen molar-refractivity contribution < 1.29 is 9.18 Å². The number of thiazole rings is 1. The minimum Gasteiger partial charge on any atom is -0.305 e. The van der Waals surface area contributed by atoms with Crippen LogP contribution in [0.25, 0.3) is 11.4 Å². The maximum Gasteiger partial charge on any atom is 0.230 e. The number of carbonyl (C=O) groups excluding carboxylic acids is 1. The highest BCUT2D eigenvalue weighted by molar-refractivity contribution is 7.98. The molecule has 0 aliphatic carbocycles. The number of hydrogen-bond donors (Lipinski definition) is 0. The minimum atomic E-state index is -0.474. The van der Waals surface area contributed by atoms with Crippen LogP contribution in [0.5, 0.6) is 0 Å². The monoisotopic (exact) mass is 473 g/mol. The van der Waals surface area contributed by atoms with Crippen LogP contribution in [0.2, 0.25) is 5.02 Å². The van der Waals surface area contributed by atoms with Crippen LogP contribution in [0.15, 0.2) is 59.1 Å². The third kappa shape index (κ3) is 4.63. The second kappa shape index (κ2) is 9.17. The second-order valence-electron chi connectivity index (χ2n) is 6.59. The molecule has 0 atom stereocenters. The summed E-state index contributed by atoms with van der Waals surface area (Å²) in [5, 5.41) is 12.2. The smallest absolute Gasteiger partial charge is 0.230 e. The van der Waals surface area contributed by atoms with E-state index in [4.69, 9.17) is 11.6 Å². The minimum absolute atomic E-state index is 0.185. The molecule has 0 saturated carbocycles. The molecule has 158 valence electrons. The van der Waals surface area contributed by atoms with E-state index in [0.717, 1.165) is 22.2 Å². The standard InChI is InChI=1S/C21H17ClFN5OS2/c1-13(29)28(18-6-4-3-5-17(18)23)20-24-16(11-30-20)12-31-21-26-25-19(27(21)2)14-7-9-15(22)10-8-14/h3-11H,12H2,1-2H3. The van der Waals surface area contributed by atoms with Gasteiger partial charge in [0.25, 0.3) is 0 Å². The molecule has 0 unspecified atom stereocenters. The zero-order valence-corrected chi connectivity index (χ0v) is 19.0. The number of aromatic nitrogens is 4. The molecule has 0 radical (unpaired) electrons. The first-order valence-electron chi connectivity index (χ1n) is 9.22. The van der Waals surface area contributed by atoms with Crippen molar-refractivity contribution in [3.8, 4) is 11.4 Å². The molecule has 0 aliphatic rings. The summed E-state index contributed by atoms with van der Waals surface area (Å²) in [6, 6.07) is 13.6. The van der Waals surface area contributed by atoms with Crippen molar-refractivity contribution in [1.82, 2.24) is 19.7 Å². The number of para-hydroxylation sites is 1. The van der Waals surface area contributed by atoms with Gasteiger partial charge in [-0.2, -0.15) is 0 Å². The van der Waals surface area contributed by atoms with Crippen molar-refractivity contribution in [1.29, 1.82) is 0 Å². The number of thioether (sulfide) groups is 1. The van der Waals surface area contributed by atoms with Crippen LogP contribution in [-0.2, 0) is 17.6 Å². The van der Waals surface area contributed by atoms with E-state index in [-0.39, 0.29) is 11.6 Å². The van der Waals surface area contributed by atoms with Crippen LogP contribution in [0, 0.1) is 5.82 Å². The average Bonchev–Trinajstić information content (AvgIpc) is 3.35. The van der Waals surface area contributed by atoms with Gasteiger partial charge >= 0.3 is 0 Å². The Morgan fingerprint density at radius 3 is 2.65 bits per heavy atom. The molecule has 0 saturated heterocycles. The first kappa shape index (κ1) is 21.5. The Kier molecular flexibility index (Phi) is 6.35. The van der Waals surface area contributed by atoms with E-state index in [1.165, 1.54) is 41.0 Å². The molecule has 2 aromatic carbocycles. The van der Waals surface area contributed by atoms with Gasteiger partial charge in [0.1, 0.15) is 5.82 Å². The van der Waals surface area contributed by atoms with Crippen LogP contribution in [0.3, 0.4) is 0 Å². The number of benzene rings is 2. The summed E-state index contributed by atoms with van der Waals surface area (Å²) in [5.74, 6) is 0.490. The van der Waals surface area contributed by atoms with Crippen LogP contribution >= 0.6 is 34.7 Å². The molecule has 31 heavy (non-hydrogen) atoms. The Balaban J connectivity index is 1.50. The molecule has 0 spiro atoms. The van der Waals surface area contributed by atoms with E-state index < -0.39 is 5.82 Å². The van der Waals surface area contributed by atoms with Gasteiger partial charge in [-0.25, -0.2) is 9.37 Å². The summed E-state index contributed by atoms with van der Waals surface area (Å²) in [4.78, 5) is 18.0. The highest BCUT2D eigenvalue weighted by atomic mass is 35.5. The third-order valence-corrected chi connectivity index (χ3v) is 6.61. The zero-order valence-electron chi connectivity index (χ0n) is 16.6. The van der Waals surface area contributed by atoms with E-state index in [1.807, 2.05) is 41.3 Å². The van der Waals surface area contributed by atoms with Crippen LogP contribution in [0.4, 0.5) is 15.2 Å². The highest BCUT2D eigenvalue weighted by Crippen LogP contribution is 2.32. The molecule has 0 N–H and O–H groups in total. The fourth-order valence-corrected chi connectivity index (χ4v) is 4.85. The summed E-state index contributed by atoms with van der Waals surface area (Å²) in [5.41, 5.74) is 1.87. The number of carbonyl (C=O) groups is 1. The fraction of sp³-hybridized carbons (Fsp3) is 0.143. The summed E-state index contributed by atoms with van der Waals surface area (Å²) in [6.45, 7) is 1.39. The topological polar surface area (TPSA) is 63.9 Å². The van der Waals surface area contributed by atoms with E-state index >= 15 is 0 Å². The molecule has 0 aliphatic heterocycles. The van der Waals surface area contributed by atoms with Gasteiger partial charge in [-0.3, -0.25) is 9.69 Å². The molecule has 2 heterocycles. The Labute approximate surface area is 191 Å². The van der Waals surface area contributed by atoms with Gasteiger partial charge in [0.05, 0.1) is 11.4 Å². The second-order valence-corrected chi connectivity index (χ2v) is 8.80. The lowest BCUT2D eigenvalue weighted by Gasteiger charge is -2.18. The molecule has 6 nitrogen and oxygen atoms in total. The molecule has 0 bridgehead atoms. The molecule has 1 amide bonds. The first-order chi connectivity index (χ1) is 14.9. The maximum absolute atomic E-state index is 14.2. The third-order valence-electron chi connectivity index (χ3n) is 4.43. The van der Waals surface area contributed by atoms with Gasteiger partial charge in [-0.15, -0.1) is 21.5 Å². The van der Waals surface area contributed by atoms with Crippen LogP contribution < -0.4 is 4.90 Å². The summed E-state index contributed by atoms with van der Waals surface area (Å²) in [6.07, 6.45) is 0. The van der Waals surface area contributed by atoms with Gasteiger partial charge in [-0.05, 0) is 36.4 Å². The Hall–Kier alpha value is -2.75.